The predicted molar refractivity (Wildman–Crippen MR) is 73.8 cm³/mol. The molecule has 0 amide bonds. The lowest BCUT2D eigenvalue weighted by molar-refractivity contribution is 0.0395. The maximum absolute atomic E-state index is 13.0. The smallest absolute Gasteiger partial charge is 0.149 e. The molecule has 2 aromatic rings. The SMILES string of the molecule is Nc1cncc(N2CCOC(c3ccc(F)cc3)C2)n1. The van der Waals surface area contributed by atoms with Crippen LogP contribution >= 0.6 is 0 Å². The zero-order valence-electron chi connectivity index (χ0n) is 10.9. The van der Waals surface area contributed by atoms with Crippen molar-refractivity contribution in [3.8, 4) is 0 Å². The molecule has 1 aromatic carbocycles. The fraction of sp³-hybridized carbons (Fsp3) is 0.286. The second kappa shape index (κ2) is 5.42. The van der Waals surface area contributed by atoms with E-state index in [2.05, 4.69) is 14.9 Å². The molecule has 0 radical (unpaired) electrons. The van der Waals surface area contributed by atoms with Crippen LogP contribution in [0.4, 0.5) is 16.0 Å². The van der Waals surface area contributed by atoms with Gasteiger partial charge in [-0.3, -0.25) is 4.98 Å². The number of rotatable bonds is 2. The molecule has 3 rings (SSSR count). The van der Waals surface area contributed by atoms with E-state index in [4.69, 9.17) is 10.5 Å². The van der Waals surface area contributed by atoms with Crippen LogP contribution in [0.1, 0.15) is 11.7 Å². The van der Waals surface area contributed by atoms with Crippen molar-refractivity contribution in [3.05, 3.63) is 48.0 Å². The highest BCUT2D eigenvalue weighted by Crippen LogP contribution is 2.25. The first-order valence-electron chi connectivity index (χ1n) is 6.42. The Morgan fingerprint density at radius 3 is 2.80 bits per heavy atom. The Morgan fingerprint density at radius 1 is 1.25 bits per heavy atom. The standard InChI is InChI=1S/C14H15FN4O/c15-11-3-1-10(2-4-11)12-9-19(5-6-20-12)14-8-17-7-13(16)18-14/h1-4,7-8,12H,5-6,9H2,(H2,16,18). The van der Waals surface area contributed by atoms with E-state index in [-0.39, 0.29) is 11.9 Å². The van der Waals surface area contributed by atoms with Crippen LogP contribution in [-0.4, -0.2) is 29.7 Å². The summed E-state index contributed by atoms with van der Waals surface area (Å²) in [6.07, 6.45) is 3.10. The minimum Gasteiger partial charge on any atom is -0.382 e. The summed E-state index contributed by atoms with van der Waals surface area (Å²) in [6, 6.07) is 6.37. The van der Waals surface area contributed by atoms with Crippen LogP contribution in [0, 0.1) is 5.82 Å². The Hall–Kier alpha value is -2.21. The molecule has 0 bridgehead atoms. The molecule has 1 unspecified atom stereocenters. The van der Waals surface area contributed by atoms with Crippen molar-refractivity contribution < 1.29 is 9.13 Å². The zero-order valence-corrected chi connectivity index (χ0v) is 10.9. The minimum atomic E-state index is -0.247. The molecule has 1 fully saturated rings. The highest BCUT2D eigenvalue weighted by molar-refractivity contribution is 5.42. The van der Waals surface area contributed by atoms with Gasteiger partial charge >= 0.3 is 0 Å². The van der Waals surface area contributed by atoms with Crippen molar-refractivity contribution >= 4 is 11.6 Å². The third-order valence-corrected chi connectivity index (χ3v) is 3.27. The molecule has 20 heavy (non-hydrogen) atoms. The Morgan fingerprint density at radius 2 is 2.05 bits per heavy atom. The molecule has 6 heteroatoms. The summed E-state index contributed by atoms with van der Waals surface area (Å²) < 4.78 is 18.7. The molecule has 1 aromatic heterocycles. The predicted octanol–water partition coefficient (Wildman–Crippen LogP) is 1.78. The Balaban J connectivity index is 1.78. The number of benzene rings is 1. The summed E-state index contributed by atoms with van der Waals surface area (Å²) in [5.41, 5.74) is 6.61. The first-order valence-corrected chi connectivity index (χ1v) is 6.42. The third kappa shape index (κ3) is 2.70. The molecule has 2 heterocycles. The number of anilines is 2. The summed E-state index contributed by atoms with van der Waals surface area (Å²) in [7, 11) is 0. The van der Waals surface area contributed by atoms with Crippen LogP contribution in [0.15, 0.2) is 36.7 Å². The second-order valence-corrected chi connectivity index (χ2v) is 4.66. The summed E-state index contributed by atoms with van der Waals surface area (Å²) in [5, 5.41) is 0. The number of nitrogen functional groups attached to an aromatic ring is 1. The fourth-order valence-electron chi connectivity index (χ4n) is 2.26. The normalized spacial score (nSPS) is 19.1. The average molecular weight is 274 g/mol. The van der Waals surface area contributed by atoms with Crippen LogP contribution in [0.2, 0.25) is 0 Å². The van der Waals surface area contributed by atoms with E-state index in [1.807, 2.05) is 0 Å². The van der Waals surface area contributed by atoms with E-state index < -0.39 is 0 Å². The van der Waals surface area contributed by atoms with E-state index in [0.717, 1.165) is 17.9 Å². The van der Waals surface area contributed by atoms with Crippen molar-refractivity contribution in [2.24, 2.45) is 0 Å². The molecule has 0 saturated carbocycles. The van der Waals surface area contributed by atoms with E-state index in [9.17, 15) is 4.39 Å². The van der Waals surface area contributed by atoms with Gasteiger partial charge in [-0.1, -0.05) is 12.1 Å². The Kier molecular flexibility index (Phi) is 3.47. The van der Waals surface area contributed by atoms with Gasteiger partial charge < -0.3 is 15.4 Å². The molecule has 1 aliphatic rings. The maximum atomic E-state index is 13.0. The number of nitrogens with two attached hydrogens (primary N) is 1. The van der Waals surface area contributed by atoms with Crippen LogP contribution in [0.25, 0.3) is 0 Å². The lowest BCUT2D eigenvalue weighted by Crippen LogP contribution is -2.39. The van der Waals surface area contributed by atoms with E-state index >= 15 is 0 Å². The second-order valence-electron chi connectivity index (χ2n) is 4.66. The molecule has 0 spiro atoms. The number of hydrogen-bond acceptors (Lipinski definition) is 5. The molecule has 1 atom stereocenters. The lowest BCUT2D eigenvalue weighted by atomic mass is 10.1. The molecule has 1 saturated heterocycles. The zero-order chi connectivity index (χ0) is 13.9. The Labute approximate surface area is 116 Å². The van der Waals surface area contributed by atoms with Gasteiger partial charge in [0.25, 0.3) is 0 Å². The first-order chi connectivity index (χ1) is 9.72. The molecule has 5 nitrogen and oxygen atoms in total. The number of hydrogen-bond donors (Lipinski definition) is 1. The monoisotopic (exact) mass is 274 g/mol. The summed E-state index contributed by atoms with van der Waals surface area (Å²) in [6.45, 7) is 1.96. The molecule has 0 aliphatic carbocycles. The van der Waals surface area contributed by atoms with Crippen molar-refractivity contribution in [1.29, 1.82) is 0 Å². The van der Waals surface area contributed by atoms with Gasteiger partial charge in [-0.05, 0) is 17.7 Å². The summed E-state index contributed by atoms with van der Waals surface area (Å²) >= 11 is 0. The topological polar surface area (TPSA) is 64.3 Å². The van der Waals surface area contributed by atoms with Crippen molar-refractivity contribution in [3.63, 3.8) is 0 Å². The molecule has 1 aliphatic heterocycles. The van der Waals surface area contributed by atoms with Gasteiger partial charge in [0.05, 0.1) is 19.0 Å². The van der Waals surface area contributed by atoms with Gasteiger partial charge in [0, 0.05) is 13.1 Å². The molecule has 2 N–H and O–H groups in total. The largest absolute Gasteiger partial charge is 0.382 e. The first kappa shape index (κ1) is 12.8. The van der Waals surface area contributed by atoms with Gasteiger partial charge in [0.2, 0.25) is 0 Å². The molecular weight excluding hydrogens is 259 g/mol. The lowest BCUT2D eigenvalue weighted by Gasteiger charge is -2.33. The van der Waals surface area contributed by atoms with Crippen molar-refractivity contribution in [2.75, 3.05) is 30.3 Å². The van der Waals surface area contributed by atoms with Crippen molar-refractivity contribution in [1.82, 2.24) is 9.97 Å². The van der Waals surface area contributed by atoms with Gasteiger partial charge in [0.1, 0.15) is 23.6 Å². The fourth-order valence-corrected chi connectivity index (χ4v) is 2.26. The van der Waals surface area contributed by atoms with E-state index in [1.165, 1.54) is 18.3 Å². The number of nitrogens with zero attached hydrogens (tertiary/aromatic N) is 3. The highest BCUT2D eigenvalue weighted by Gasteiger charge is 2.23. The average Bonchev–Trinajstić information content (AvgIpc) is 2.48. The molecular formula is C14H15FN4O. The summed E-state index contributed by atoms with van der Waals surface area (Å²) in [5.74, 6) is 0.885. The van der Waals surface area contributed by atoms with Gasteiger partial charge in [-0.25, -0.2) is 9.37 Å². The van der Waals surface area contributed by atoms with Crippen molar-refractivity contribution in [2.45, 2.75) is 6.10 Å². The number of morpholine rings is 1. The number of aromatic nitrogens is 2. The van der Waals surface area contributed by atoms with E-state index in [0.29, 0.717) is 19.0 Å². The Bertz CT molecular complexity index is 590. The molecule has 104 valence electrons. The van der Waals surface area contributed by atoms with E-state index in [1.54, 1.807) is 18.3 Å². The van der Waals surface area contributed by atoms with Gasteiger partial charge in [0.15, 0.2) is 0 Å². The number of ether oxygens (including phenoxy) is 1. The van der Waals surface area contributed by atoms with Gasteiger partial charge in [-0.2, -0.15) is 0 Å². The minimum absolute atomic E-state index is 0.104. The summed E-state index contributed by atoms with van der Waals surface area (Å²) in [4.78, 5) is 10.4. The number of halogens is 1. The van der Waals surface area contributed by atoms with Crippen LogP contribution in [-0.2, 0) is 4.74 Å². The highest BCUT2D eigenvalue weighted by atomic mass is 19.1. The van der Waals surface area contributed by atoms with Gasteiger partial charge in [-0.15, -0.1) is 0 Å². The van der Waals surface area contributed by atoms with Crippen LogP contribution in [0.5, 0.6) is 0 Å². The maximum Gasteiger partial charge on any atom is 0.149 e. The quantitative estimate of drug-likeness (QED) is 0.904. The van der Waals surface area contributed by atoms with Crippen LogP contribution in [0.3, 0.4) is 0 Å². The van der Waals surface area contributed by atoms with Crippen LogP contribution < -0.4 is 10.6 Å². The third-order valence-electron chi connectivity index (χ3n) is 3.27.